The molecule has 0 bridgehead atoms. The molecule has 2 aromatic rings. The highest BCUT2D eigenvalue weighted by Crippen LogP contribution is 2.29. The standard InChI is InChI=1S/C23H28N4O6S/c1-14-9-18(27-33-14)26-20(17(12-28)34-3)22(31)24-11-19(29)25-16(21(30)23(2)13-32-23)10-15-7-5-4-6-8-15/h4-9,12,16-17,20H,10-11,13H2,1-3H3,(H,24,31)(H,25,29)(H,26,27)/t16-,17?,20-,23?/m0/s1. The first-order chi connectivity index (χ1) is 16.3. The number of nitrogens with zero attached hydrogens (tertiary/aromatic N) is 1. The molecule has 3 N–H and O–H groups in total. The van der Waals surface area contributed by atoms with Crippen LogP contribution < -0.4 is 16.0 Å². The lowest BCUT2D eigenvalue weighted by Gasteiger charge is -2.23. The summed E-state index contributed by atoms with van der Waals surface area (Å²) in [5.41, 5.74) is -0.0219. The fourth-order valence-corrected chi connectivity index (χ4v) is 3.94. The Labute approximate surface area is 201 Å². The summed E-state index contributed by atoms with van der Waals surface area (Å²) >= 11 is 1.18. The van der Waals surface area contributed by atoms with Crippen LogP contribution in [-0.2, 0) is 30.3 Å². The molecule has 2 unspecified atom stereocenters. The SMILES string of the molecule is CSC(C=O)[C@H](Nc1cc(C)on1)C(=O)NCC(=O)N[C@@H](Cc1ccccc1)C(=O)C1(C)CO1. The van der Waals surface area contributed by atoms with Gasteiger partial charge in [-0.2, -0.15) is 11.8 Å². The summed E-state index contributed by atoms with van der Waals surface area (Å²) in [6.07, 6.45) is 2.65. The maximum absolute atomic E-state index is 12.9. The number of nitrogens with one attached hydrogen (secondary N) is 3. The minimum Gasteiger partial charge on any atom is -0.361 e. The van der Waals surface area contributed by atoms with Gasteiger partial charge in [0.05, 0.1) is 24.4 Å². The summed E-state index contributed by atoms with van der Waals surface area (Å²) in [4.78, 5) is 49.9. The summed E-state index contributed by atoms with van der Waals surface area (Å²) in [6, 6.07) is 9.12. The van der Waals surface area contributed by atoms with E-state index in [2.05, 4.69) is 21.1 Å². The van der Waals surface area contributed by atoms with E-state index in [1.54, 1.807) is 26.2 Å². The minimum absolute atomic E-state index is 0.222. The highest BCUT2D eigenvalue weighted by atomic mass is 32.2. The zero-order valence-corrected chi connectivity index (χ0v) is 20.0. The van der Waals surface area contributed by atoms with Gasteiger partial charge in [0.1, 0.15) is 23.7 Å². The Hall–Kier alpha value is -3.18. The quantitative estimate of drug-likeness (QED) is 0.277. The molecule has 1 saturated heterocycles. The first kappa shape index (κ1) is 25.4. The number of carbonyl (C=O) groups excluding carboxylic acids is 4. The van der Waals surface area contributed by atoms with Crippen LogP contribution in [0.4, 0.5) is 5.82 Å². The number of carbonyl (C=O) groups is 4. The highest BCUT2D eigenvalue weighted by Gasteiger charge is 2.50. The van der Waals surface area contributed by atoms with Gasteiger partial charge in [-0.05, 0) is 32.1 Å². The third-order valence-corrected chi connectivity index (χ3v) is 6.33. The van der Waals surface area contributed by atoms with Crippen LogP contribution in [0.3, 0.4) is 0 Å². The number of epoxide rings is 1. The largest absolute Gasteiger partial charge is 0.361 e. The number of amides is 2. The Morgan fingerprint density at radius 3 is 2.53 bits per heavy atom. The molecule has 1 aromatic carbocycles. The smallest absolute Gasteiger partial charge is 0.244 e. The third kappa shape index (κ3) is 6.67. The number of Topliss-reactive ketones (excluding diaryl/α,β-unsaturated/α-hetero) is 1. The number of hydrogen-bond donors (Lipinski definition) is 3. The van der Waals surface area contributed by atoms with Crippen LogP contribution >= 0.6 is 11.8 Å². The van der Waals surface area contributed by atoms with Crippen molar-refractivity contribution in [2.45, 2.75) is 43.2 Å². The molecule has 10 nitrogen and oxygen atoms in total. The molecule has 1 aliphatic rings. The van der Waals surface area contributed by atoms with Crippen molar-refractivity contribution in [3.05, 3.63) is 47.7 Å². The second-order valence-corrected chi connectivity index (χ2v) is 9.21. The average Bonchev–Trinajstić information content (AvgIpc) is 3.45. The molecule has 3 rings (SSSR count). The molecular weight excluding hydrogens is 460 g/mol. The second kappa shape index (κ2) is 11.3. The molecule has 182 valence electrons. The van der Waals surface area contributed by atoms with Gasteiger partial charge in [0, 0.05) is 6.07 Å². The molecule has 4 atom stereocenters. The summed E-state index contributed by atoms with van der Waals surface area (Å²) in [6.45, 7) is 3.32. The van der Waals surface area contributed by atoms with Crippen LogP contribution in [0, 0.1) is 6.92 Å². The molecule has 1 aromatic heterocycles. The molecule has 2 amide bonds. The number of hydrogen-bond acceptors (Lipinski definition) is 9. The van der Waals surface area contributed by atoms with E-state index in [0.717, 1.165) is 5.56 Å². The molecule has 11 heteroatoms. The predicted molar refractivity (Wildman–Crippen MR) is 126 cm³/mol. The van der Waals surface area contributed by atoms with E-state index in [1.165, 1.54) is 11.8 Å². The van der Waals surface area contributed by atoms with Gasteiger partial charge in [0.2, 0.25) is 11.8 Å². The second-order valence-electron chi connectivity index (χ2n) is 8.19. The fourth-order valence-electron chi connectivity index (χ4n) is 3.36. The van der Waals surface area contributed by atoms with E-state index in [0.29, 0.717) is 30.9 Å². The van der Waals surface area contributed by atoms with Gasteiger partial charge < -0.3 is 30.0 Å². The van der Waals surface area contributed by atoms with Gasteiger partial charge in [-0.3, -0.25) is 14.4 Å². The van der Waals surface area contributed by atoms with Crippen LogP contribution in [0.25, 0.3) is 0 Å². The third-order valence-electron chi connectivity index (χ3n) is 5.40. The Bertz CT molecular complexity index is 1020. The monoisotopic (exact) mass is 488 g/mol. The van der Waals surface area contributed by atoms with Gasteiger partial charge in [-0.15, -0.1) is 0 Å². The first-order valence-corrected chi connectivity index (χ1v) is 12.0. The van der Waals surface area contributed by atoms with Crippen molar-refractivity contribution in [3.8, 4) is 0 Å². The van der Waals surface area contributed by atoms with Crippen LogP contribution in [0.1, 0.15) is 18.2 Å². The number of aldehydes is 1. The molecule has 0 saturated carbocycles. The molecule has 0 aliphatic carbocycles. The number of benzene rings is 1. The van der Waals surface area contributed by atoms with Crippen molar-refractivity contribution in [2.24, 2.45) is 0 Å². The molecule has 1 fully saturated rings. The van der Waals surface area contributed by atoms with E-state index in [9.17, 15) is 19.2 Å². The van der Waals surface area contributed by atoms with Crippen LogP contribution in [0.15, 0.2) is 40.9 Å². The Morgan fingerprint density at radius 1 is 1.26 bits per heavy atom. The number of ketones is 1. The number of ether oxygens (including phenoxy) is 1. The van der Waals surface area contributed by atoms with Crippen LogP contribution in [0.5, 0.6) is 0 Å². The number of rotatable bonds is 13. The van der Waals surface area contributed by atoms with E-state index >= 15 is 0 Å². The Kier molecular flexibility index (Phi) is 8.46. The van der Waals surface area contributed by atoms with Crippen LogP contribution in [0.2, 0.25) is 0 Å². The highest BCUT2D eigenvalue weighted by molar-refractivity contribution is 7.99. The first-order valence-electron chi connectivity index (χ1n) is 10.7. The summed E-state index contributed by atoms with van der Waals surface area (Å²) in [5, 5.41) is 11.2. The number of anilines is 1. The maximum Gasteiger partial charge on any atom is 0.244 e. The lowest BCUT2D eigenvalue weighted by molar-refractivity contribution is -0.131. The lowest BCUT2D eigenvalue weighted by atomic mass is 9.95. The molecule has 34 heavy (non-hydrogen) atoms. The van der Waals surface area contributed by atoms with Crippen molar-refractivity contribution in [3.63, 3.8) is 0 Å². The molecule has 2 heterocycles. The minimum atomic E-state index is -0.981. The van der Waals surface area contributed by atoms with Gasteiger partial charge >= 0.3 is 0 Å². The van der Waals surface area contributed by atoms with Crippen molar-refractivity contribution in [1.29, 1.82) is 0 Å². The van der Waals surface area contributed by atoms with E-state index in [1.807, 2.05) is 30.3 Å². The zero-order chi connectivity index (χ0) is 24.7. The van der Waals surface area contributed by atoms with Crippen LogP contribution in [-0.4, -0.2) is 71.4 Å². The molecule has 0 spiro atoms. The molecular formula is C23H28N4O6S. The fraction of sp³-hybridized carbons (Fsp3) is 0.435. The normalized spacial score (nSPS) is 19.4. The molecule has 1 aliphatic heterocycles. The number of thioether (sulfide) groups is 1. The van der Waals surface area contributed by atoms with Gasteiger partial charge in [0.25, 0.3) is 0 Å². The predicted octanol–water partition coefficient (Wildman–Crippen LogP) is 0.896. The molecule has 0 radical (unpaired) electrons. The summed E-state index contributed by atoms with van der Waals surface area (Å²) in [5.74, 6) is -0.481. The Morgan fingerprint density at radius 2 is 1.97 bits per heavy atom. The van der Waals surface area contributed by atoms with Gasteiger partial charge in [-0.25, -0.2) is 0 Å². The Balaban J connectivity index is 1.63. The lowest BCUT2D eigenvalue weighted by Crippen LogP contribution is -2.52. The van der Waals surface area contributed by atoms with Crippen molar-refractivity contribution >= 4 is 41.5 Å². The summed E-state index contributed by atoms with van der Waals surface area (Å²) < 4.78 is 10.3. The summed E-state index contributed by atoms with van der Waals surface area (Å²) in [7, 11) is 0. The van der Waals surface area contributed by atoms with Crippen molar-refractivity contribution in [1.82, 2.24) is 15.8 Å². The average molecular weight is 489 g/mol. The van der Waals surface area contributed by atoms with E-state index < -0.39 is 34.7 Å². The topological polar surface area (TPSA) is 143 Å². The van der Waals surface area contributed by atoms with Gasteiger partial charge in [0.15, 0.2) is 11.6 Å². The number of aromatic nitrogens is 1. The number of aryl methyl sites for hydroxylation is 1. The van der Waals surface area contributed by atoms with E-state index in [-0.39, 0.29) is 12.3 Å². The van der Waals surface area contributed by atoms with Crippen molar-refractivity contribution < 1.29 is 28.4 Å². The van der Waals surface area contributed by atoms with Gasteiger partial charge in [-0.1, -0.05) is 35.5 Å². The van der Waals surface area contributed by atoms with E-state index in [4.69, 9.17) is 9.26 Å². The maximum atomic E-state index is 12.9. The van der Waals surface area contributed by atoms with Crippen molar-refractivity contribution in [2.75, 3.05) is 24.7 Å². The zero-order valence-electron chi connectivity index (χ0n) is 19.2.